The van der Waals surface area contributed by atoms with Crippen LogP contribution in [-0.2, 0) is 9.59 Å². The second kappa shape index (κ2) is 31.8. The highest BCUT2D eigenvalue weighted by Gasteiger charge is 2.46. The minimum Gasteiger partial charge on any atom is -0.392 e. The predicted octanol–water partition coefficient (Wildman–Crippen LogP) is 12.4. The summed E-state index contributed by atoms with van der Waals surface area (Å²) in [6.07, 6.45) is 38.4. The van der Waals surface area contributed by atoms with Gasteiger partial charge in [0, 0.05) is 18.9 Å². The predicted molar refractivity (Wildman–Crippen MR) is 197 cm³/mol. The molecule has 0 aliphatic rings. The van der Waals surface area contributed by atoms with Crippen molar-refractivity contribution in [3.8, 4) is 0 Å². The van der Waals surface area contributed by atoms with Crippen LogP contribution in [0.1, 0.15) is 233 Å². The van der Waals surface area contributed by atoms with Crippen molar-refractivity contribution in [2.75, 3.05) is 0 Å². The van der Waals surface area contributed by atoms with Crippen LogP contribution >= 0.6 is 0 Å². The number of aliphatic hydroxyl groups is 1. The zero-order valence-electron chi connectivity index (χ0n) is 31.1. The minimum atomic E-state index is -1.28. The minimum absolute atomic E-state index is 0.0726. The average molecular weight is 636 g/mol. The topological polar surface area (TPSA) is 80.4 Å². The van der Waals surface area contributed by atoms with Crippen LogP contribution in [0.4, 0.5) is 0 Å². The van der Waals surface area contributed by atoms with Crippen LogP contribution in [0, 0.1) is 5.41 Å². The van der Waals surface area contributed by atoms with Gasteiger partial charge in [0.2, 0.25) is 0 Å². The normalized spacial score (nSPS) is 13.3. The zero-order chi connectivity index (χ0) is 33.4. The van der Waals surface area contributed by atoms with Crippen molar-refractivity contribution in [2.24, 2.45) is 11.1 Å². The molecule has 0 saturated carbocycles. The molecule has 3 N–H and O–H groups in total. The third-order valence-electron chi connectivity index (χ3n) is 10.4. The van der Waals surface area contributed by atoms with Gasteiger partial charge in [0.25, 0.3) is 0 Å². The van der Waals surface area contributed by atoms with E-state index in [0.717, 1.165) is 38.5 Å². The third kappa shape index (κ3) is 24.1. The molecule has 45 heavy (non-hydrogen) atoms. The van der Waals surface area contributed by atoms with Crippen molar-refractivity contribution in [3.05, 3.63) is 0 Å². The van der Waals surface area contributed by atoms with Gasteiger partial charge in [0.1, 0.15) is 17.0 Å². The fourth-order valence-corrected chi connectivity index (χ4v) is 6.84. The lowest BCUT2D eigenvalue weighted by Gasteiger charge is -2.34. The van der Waals surface area contributed by atoms with Gasteiger partial charge in [-0.2, -0.15) is 0 Å². The molecule has 0 spiro atoms. The Hall–Kier alpha value is -0.740. The first-order chi connectivity index (χ1) is 21.8. The van der Waals surface area contributed by atoms with Crippen LogP contribution in [-0.4, -0.2) is 28.8 Å². The molecule has 2 atom stereocenters. The summed E-state index contributed by atoms with van der Waals surface area (Å²) in [6, 6.07) is -0.842. The van der Waals surface area contributed by atoms with E-state index in [2.05, 4.69) is 13.8 Å². The van der Waals surface area contributed by atoms with Crippen LogP contribution < -0.4 is 5.73 Å². The molecule has 0 heterocycles. The summed E-state index contributed by atoms with van der Waals surface area (Å²) in [7, 11) is 0. The van der Waals surface area contributed by atoms with E-state index in [1.54, 1.807) is 13.8 Å². The molecular formula is C41H81NO3. The smallest absolute Gasteiger partial charge is 0.147 e. The largest absolute Gasteiger partial charge is 0.392 e. The lowest BCUT2D eigenvalue weighted by molar-refractivity contribution is -0.143. The quantitative estimate of drug-likeness (QED) is 0.0530. The summed E-state index contributed by atoms with van der Waals surface area (Å²) in [5.41, 5.74) is 5.04. The highest BCUT2D eigenvalue weighted by Crippen LogP contribution is 2.30. The van der Waals surface area contributed by atoms with Crippen LogP contribution in [0.2, 0.25) is 0 Å². The van der Waals surface area contributed by atoms with Crippen molar-refractivity contribution >= 4 is 11.6 Å². The SMILES string of the molecule is CCCCCCCCCCCCCCCCCC(=O)C(C)(C(=O)CCCCCCCCCCCCCCCCC)C(N)C(C)O. The van der Waals surface area contributed by atoms with E-state index in [1.165, 1.54) is 154 Å². The molecule has 268 valence electrons. The molecule has 0 aliphatic carbocycles. The lowest BCUT2D eigenvalue weighted by atomic mass is 9.70. The second-order valence-electron chi connectivity index (χ2n) is 14.7. The number of unbranched alkanes of at least 4 members (excludes halogenated alkanes) is 28. The molecule has 0 rings (SSSR count). The number of hydrogen-bond acceptors (Lipinski definition) is 4. The van der Waals surface area contributed by atoms with Crippen molar-refractivity contribution < 1.29 is 14.7 Å². The van der Waals surface area contributed by atoms with E-state index in [0.29, 0.717) is 12.8 Å². The highest BCUT2D eigenvalue weighted by molar-refractivity contribution is 6.07. The maximum Gasteiger partial charge on any atom is 0.147 e. The Balaban J connectivity index is 4.03. The van der Waals surface area contributed by atoms with E-state index in [-0.39, 0.29) is 11.6 Å². The average Bonchev–Trinajstić information content (AvgIpc) is 3.03. The Labute approximate surface area is 282 Å². The molecule has 0 aromatic rings. The summed E-state index contributed by atoms with van der Waals surface area (Å²) >= 11 is 0. The Kier molecular flexibility index (Phi) is 31.3. The lowest BCUT2D eigenvalue weighted by Crippen LogP contribution is -2.55. The van der Waals surface area contributed by atoms with Crippen molar-refractivity contribution in [1.29, 1.82) is 0 Å². The molecule has 0 aromatic carbocycles. The van der Waals surface area contributed by atoms with E-state index < -0.39 is 17.6 Å². The van der Waals surface area contributed by atoms with Gasteiger partial charge in [-0.1, -0.05) is 194 Å². The first-order valence-corrected chi connectivity index (χ1v) is 20.3. The van der Waals surface area contributed by atoms with Gasteiger partial charge >= 0.3 is 0 Å². The fraction of sp³-hybridized carbons (Fsp3) is 0.951. The molecule has 0 aliphatic heterocycles. The summed E-state index contributed by atoms with van der Waals surface area (Å²) < 4.78 is 0. The number of carbonyl (C=O) groups is 2. The van der Waals surface area contributed by atoms with Gasteiger partial charge in [-0.05, 0) is 26.7 Å². The molecule has 4 nitrogen and oxygen atoms in total. The van der Waals surface area contributed by atoms with Crippen molar-refractivity contribution in [1.82, 2.24) is 0 Å². The van der Waals surface area contributed by atoms with Crippen LogP contribution in [0.25, 0.3) is 0 Å². The van der Waals surface area contributed by atoms with Gasteiger partial charge in [0.15, 0.2) is 0 Å². The van der Waals surface area contributed by atoms with Crippen molar-refractivity contribution in [3.63, 3.8) is 0 Å². The summed E-state index contributed by atoms with van der Waals surface area (Å²) in [6.45, 7) is 7.85. The van der Waals surface area contributed by atoms with Crippen molar-refractivity contribution in [2.45, 2.75) is 245 Å². The highest BCUT2D eigenvalue weighted by atomic mass is 16.3. The second-order valence-corrected chi connectivity index (χ2v) is 14.7. The van der Waals surface area contributed by atoms with E-state index in [9.17, 15) is 14.7 Å². The molecular weight excluding hydrogens is 554 g/mol. The first kappa shape index (κ1) is 44.3. The molecule has 0 amide bonds. The molecule has 0 fully saturated rings. The monoisotopic (exact) mass is 636 g/mol. The van der Waals surface area contributed by atoms with E-state index >= 15 is 0 Å². The molecule has 0 aromatic heterocycles. The fourth-order valence-electron chi connectivity index (χ4n) is 6.84. The van der Waals surface area contributed by atoms with Gasteiger partial charge in [0.05, 0.1) is 6.10 Å². The Morgan fingerprint density at radius 3 is 0.867 bits per heavy atom. The number of rotatable bonds is 36. The van der Waals surface area contributed by atoms with Gasteiger partial charge in [-0.15, -0.1) is 0 Å². The number of hydrogen-bond donors (Lipinski definition) is 2. The molecule has 4 heteroatoms. The zero-order valence-corrected chi connectivity index (χ0v) is 31.1. The van der Waals surface area contributed by atoms with Crippen LogP contribution in [0.5, 0.6) is 0 Å². The van der Waals surface area contributed by atoms with E-state index in [4.69, 9.17) is 5.73 Å². The molecule has 2 unspecified atom stereocenters. The van der Waals surface area contributed by atoms with Crippen LogP contribution in [0.3, 0.4) is 0 Å². The maximum atomic E-state index is 13.3. The Morgan fingerprint density at radius 1 is 0.467 bits per heavy atom. The summed E-state index contributed by atoms with van der Waals surface area (Å²) in [5.74, 6) is -0.145. The third-order valence-corrected chi connectivity index (χ3v) is 10.4. The maximum absolute atomic E-state index is 13.3. The molecule has 0 radical (unpaired) electrons. The Bertz CT molecular complexity index is 615. The molecule has 0 saturated heterocycles. The summed E-state index contributed by atoms with van der Waals surface area (Å²) in [4.78, 5) is 26.7. The Morgan fingerprint density at radius 2 is 0.667 bits per heavy atom. The molecule has 0 bridgehead atoms. The van der Waals surface area contributed by atoms with Gasteiger partial charge in [-0.25, -0.2) is 0 Å². The number of Topliss-reactive ketones (excluding diaryl/α,β-unsaturated/α-hetero) is 2. The summed E-state index contributed by atoms with van der Waals surface area (Å²) in [5, 5.41) is 10.2. The first-order valence-electron chi connectivity index (χ1n) is 20.3. The van der Waals surface area contributed by atoms with Gasteiger partial charge < -0.3 is 10.8 Å². The number of aliphatic hydroxyl groups excluding tert-OH is 1. The number of nitrogens with two attached hydrogens (primary N) is 1. The number of carbonyl (C=O) groups excluding carboxylic acids is 2. The van der Waals surface area contributed by atoms with Crippen LogP contribution in [0.15, 0.2) is 0 Å². The number of ketones is 2. The van der Waals surface area contributed by atoms with Gasteiger partial charge in [-0.3, -0.25) is 9.59 Å². The van der Waals surface area contributed by atoms with E-state index in [1.807, 2.05) is 0 Å². The standard InChI is InChI=1S/C41H81NO3/c1-5-7-9-11-13-15-17-19-21-23-25-27-29-31-33-35-38(44)41(4,40(42)37(3)43)39(45)36-34-32-30-28-26-24-22-20-18-16-14-12-10-8-6-2/h37,40,43H,5-36,42H2,1-4H3.